The zero-order valence-corrected chi connectivity index (χ0v) is 9.83. The molecule has 16 heavy (non-hydrogen) atoms. The summed E-state index contributed by atoms with van der Waals surface area (Å²) in [6, 6.07) is 5.93. The first-order valence-corrected chi connectivity index (χ1v) is 5.52. The average molecular weight is 220 g/mol. The third-order valence-electron chi connectivity index (χ3n) is 2.31. The molecule has 3 nitrogen and oxygen atoms in total. The molecule has 3 heteroatoms. The Morgan fingerprint density at radius 2 is 2.25 bits per heavy atom. The van der Waals surface area contributed by atoms with Gasteiger partial charge in [-0.3, -0.25) is 0 Å². The quantitative estimate of drug-likeness (QED) is 0.422. The van der Waals surface area contributed by atoms with E-state index >= 15 is 0 Å². The highest BCUT2D eigenvalue weighted by atomic mass is 16.5. The van der Waals surface area contributed by atoms with Crippen LogP contribution in [-0.4, -0.2) is 19.8 Å². The summed E-state index contributed by atoms with van der Waals surface area (Å²) in [7, 11) is 0. The maximum atomic E-state index is 5.74. The lowest BCUT2D eigenvalue weighted by molar-refractivity contribution is 0.149. The van der Waals surface area contributed by atoms with Crippen molar-refractivity contribution in [1.82, 2.24) is 0 Å². The molecule has 0 aliphatic carbocycles. The van der Waals surface area contributed by atoms with Gasteiger partial charge in [0.1, 0.15) is 0 Å². The molecule has 0 aromatic heterocycles. The normalized spacial score (nSPS) is 10.1. The fourth-order valence-electron chi connectivity index (χ4n) is 1.32. The van der Waals surface area contributed by atoms with Gasteiger partial charge in [0.15, 0.2) is 0 Å². The summed E-state index contributed by atoms with van der Waals surface area (Å²) < 4.78 is 5.39. The largest absolute Gasteiger partial charge is 0.399 e. The Morgan fingerprint density at radius 1 is 1.44 bits per heavy atom. The molecule has 1 aromatic rings. The molecular formula is C13H20N2O. The summed E-state index contributed by atoms with van der Waals surface area (Å²) in [4.78, 5) is 0. The Labute approximate surface area is 97.3 Å². The molecule has 0 fully saturated rings. The molecule has 0 saturated carbocycles. The van der Waals surface area contributed by atoms with Crippen molar-refractivity contribution in [3.63, 3.8) is 0 Å². The Bertz CT molecular complexity index is 337. The van der Waals surface area contributed by atoms with E-state index in [1.165, 1.54) is 0 Å². The van der Waals surface area contributed by atoms with Gasteiger partial charge in [-0.25, -0.2) is 0 Å². The van der Waals surface area contributed by atoms with Crippen LogP contribution in [0.1, 0.15) is 12.0 Å². The zero-order valence-electron chi connectivity index (χ0n) is 9.83. The van der Waals surface area contributed by atoms with Crippen LogP contribution in [0.15, 0.2) is 30.9 Å². The van der Waals surface area contributed by atoms with Crippen molar-refractivity contribution >= 4 is 11.4 Å². The van der Waals surface area contributed by atoms with E-state index < -0.39 is 0 Å². The molecule has 0 unspecified atom stereocenters. The molecule has 0 spiro atoms. The van der Waals surface area contributed by atoms with Crippen LogP contribution in [0.5, 0.6) is 0 Å². The van der Waals surface area contributed by atoms with Crippen LogP contribution < -0.4 is 11.1 Å². The lowest BCUT2D eigenvalue weighted by atomic mass is 10.2. The number of anilines is 2. The molecule has 0 saturated heterocycles. The van der Waals surface area contributed by atoms with E-state index in [1.807, 2.05) is 31.2 Å². The third kappa shape index (κ3) is 4.36. The number of hydrogen-bond acceptors (Lipinski definition) is 3. The van der Waals surface area contributed by atoms with E-state index in [4.69, 9.17) is 10.5 Å². The van der Waals surface area contributed by atoms with Crippen LogP contribution >= 0.6 is 0 Å². The lowest BCUT2D eigenvalue weighted by Crippen LogP contribution is -2.10. The van der Waals surface area contributed by atoms with Crippen LogP contribution in [0.2, 0.25) is 0 Å². The first kappa shape index (κ1) is 12.6. The van der Waals surface area contributed by atoms with Crippen LogP contribution in [-0.2, 0) is 4.74 Å². The fourth-order valence-corrected chi connectivity index (χ4v) is 1.32. The van der Waals surface area contributed by atoms with Gasteiger partial charge in [0.2, 0.25) is 0 Å². The van der Waals surface area contributed by atoms with E-state index in [2.05, 4.69) is 11.9 Å². The number of nitrogens with two attached hydrogens (primary N) is 1. The molecule has 3 N–H and O–H groups in total. The molecule has 1 rings (SSSR count). The van der Waals surface area contributed by atoms with Gasteiger partial charge in [-0.2, -0.15) is 0 Å². The second kappa shape index (κ2) is 6.90. The number of benzene rings is 1. The van der Waals surface area contributed by atoms with Crippen molar-refractivity contribution in [2.75, 3.05) is 30.8 Å². The second-order valence-corrected chi connectivity index (χ2v) is 3.69. The van der Waals surface area contributed by atoms with Crippen molar-refractivity contribution in [3.05, 3.63) is 36.4 Å². The first-order valence-electron chi connectivity index (χ1n) is 5.52. The van der Waals surface area contributed by atoms with Crippen LogP contribution in [0.3, 0.4) is 0 Å². The van der Waals surface area contributed by atoms with Crippen molar-refractivity contribution in [2.45, 2.75) is 13.3 Å². The molecule has 0 radical (unpaired) electrons. The molecule has 0 aliphatic rings. The lowest BCUT2D eigenvalue weighted by Gasteiger charge is -2.08. The summed E-state index contributed by atoms with van der Waals surface area (Å²) in [5.74, 6) is 0. The van der Waals surface area contributed by atoms with Crippen molar-refractivity contribution < 1.29 is 4.74 Å². The summed E-state index contributed by atoms with van der Waals surface area (Å²) in [5.41, 5.74) is 8.74. The Kier molecular flexibility index (Phi) is 5.43. The maximum absolute atomic E-state index is 5.74. The highest BCUT2D eigenvalue weighted by molar-refractivity contribution is 5.56. The predicted octanol–water partition coefficient (Wildman–Crippen LogP) is 2.58. The van der Waals surface area contributed by atoms with Gasteiger partial charge in [-0.15, -0.1) is 6.58 Å². The monoisotopic (exact) mass is 220 g/mol. The van der Waals surface area contributed by atoms with E-state index in [9.17, 15) is 0 Å². The predicted molar refractivity (Wildman–Crippen MR) is 69.7 cm³/mol. The number of nitrogens with one attached hydrogen (secondary N) is 1. The molecule has 0 aliphatic heterocycles. The first-order chi connectivity index (χ1) is 7.74. The number of ether oxygens (including phenoxy) is 1. The van der Waals surface area contributed by atoms with E-state index in [0.29, 0.717) is 6.61 Å². The Balaban J connectivity index is 2.21. The van der Waals surface area contributed by atoms with Crippen LogP contribution in [0.25, 0.3) is 0 Å². The average Bonchev–Trinajstić information content (AvgIpc) is 2.28. The van der Waals surface area contributed by atoms with Gasteiger partial charge in [0, 0.05) is 17.9 Å². The minimum absolute atomic E-state index is 0.706. The summed E-state index contributed by atoms with van der Waals surface area (Å²) in [6.07, 6.45) is 2.76. The molecular weight excluding hydrogens is 200 g/mol. The summed E-state index contributed by atoms with van der Waals surface area (Å²) in [5, 5.41) is 3.28. The van der Waals surface area contributed by atoms with Crippen LogP contribution in [0.4, 0.5) is 11.4 Å². The number of nitrogen functional groups attached to an aromatic ring is 1. The van der Waals surface area contributed by atoms with Gasteiger partial charge in [-0.05, 0) is 37.1 Å². The fraction of sp³-hybridized carbons (Fsp3) is 0.385. The van der Waals surface area contributed by atoms with Crippen molar-refractivity contribution in [2.24, 2.45) is 0 Å². The Morgan fingerprint density at radius 3 is 2.94 bits per heavy atom. The SMILES string of the molecule is C=CCCOCCNc1ccc(N)c(C)c1. The highest BCUT2D eigenvalue weighted by Crippen LogP contribution is 2.15. The van der Waals surface area contributed by atoms with Gasteiger partial charge in [0.25, 0.3) is 0 Å². The number of rotatable bonds is 7. The molecule has 88 valence electrons. The molecule has 0 bridgehead atoms. The van der Waals surface area contributed by atoms with E-state index in [1.54, 1.807) is 0 Å². The molecule has 0 heterocycles. The highest BCUT2D eigenvalue weighted by Gasteiger charge is 1.95. The van der Waals surface area contributed by atoms with Crippen molar-refractivity contribution in [3.8, 4) is 0 Å². The second-order valence-electron chi connectivity index (χ2n) is 3.69. The third-order valence-corrected chi connectivity index (χ3v) is 2.31. The molecule has 0 atom stereocenters. The Hall–Kier alpha value is -1.48. The minimum atomic E-state index is 0.706. The van der Waals surface area contributed by atoms with Gasteiger partial charge in [-0.1, -0.05) is 6.08 Å². The van der Waals surface area contributed by atoms with Gasteiger partial charge < -0.3 is 15.8 Å². The van der Waals surface area contributed by atoms with Gasteiger partial charge in [0.05, 0.1) is 13.2 Å². The maximum Gasteiger partial charge on any atom is 0.0639 e. The molecule has 1 aromatic carbocycles. The summed E-state index contributed by atoms with van der Waals surface area (Å²) >= 11 is 0. The number of hydrogen-bond donors (Lipinski definition) is 2. The minimum Gasteiger partial charge on any atom is -0.399 e. The van der Waals surface area contributed by atoms with Gasteiger partial charge >= 0.3 is 0 Å². The van der Waals surface area contributed by atoms with Crippen LogP contribution in [0, 0.1) is 6.92 Å². The van der Waals surface area contributed by atoms with E-state index in [-0.39, 0.29) is 0 Å². The van der Waals surface area contributed by atoms with E-state index in [0.717, 1.165) is 36.5 Å². The van der Waals surface area contributed by atoms with Crippen molar-refractivity contribution in [1.29, 1.82) is 0 Å². The molecule has 0 amide bonds. The standard InChI is InChI=1S/C13H20N2O/c1-3-4-8-16-9-7-15-12-5-6-13(14)11(2)10-12/h3,5-6,10,15H,1,4,7-9,14H2,2H3. The summed E-state index contributed by atoms with van der Waals surface area (Å²) in [6.45, 7) is 7.89. The zero-order chi connectivity index (χ0) is 11.8. The topological polar surface area (TPSA) is 47.3 Å². The smallest absolute Gasteiger partial charge is 0.0639 e. The number of aryl methyl sites for hydroxylation is 1.